The van der Waals surface area contributed by atoms with Gasteiger partial charge in [-0.05, 0) is 38.4 Å². The number of piperidine rings is 1. The van der Waals surface area contributed by atoms with Gasteiger partial charge in [0.05, 0.1) is 12.1 Å². The fourth-order valence-corrected chi connectivity index (χ4v) is 2.83. The van der Waals surface area contributed by atoms with Crippen molar-refractivity contribution in [3.05, 3.63) is 34.9 Å². The van der Waals surface area contributed by atoms with Crippen molar-refractivity contribution in [3.8, 4) is 0 Å². The zero-order valence-electron chi connectivity index (χ0n) is 10.8. The summed E-state index contributed by atoms with van der Waals surface area (Å²) in [5.74, 6) is 0.177. The zero-order chi connectivity index (χ0) is 13.1. The summed E-state index contributed by atoms with van der Waals surface area (Å²) in [6.45, 7) is 2.85. The summed E-state index contributed by atoms with van der Waals surface area (Å²) in [5.41, 5.74) is 1.02. The van der Waals surface area contributed by atoms with E-state index in [1.807, 2.05) is 43.1 Å². The maximum atomic E-state index is 12.3. The molecule has 18 heavy (non-hydrogen) atoms. The molecule has 2 unspecified atom stereocenters. The van der Waals surface area contributed by atoms with E-state index < -0.39 is 0 Å². The van der Waals surface area contributed by atoms with Crippen LogP contribution < -0.4 is 5.32 Å². The van der Waals surface area contributed by atoms with Gasteiger partial charge < -0.3 is 10.2 Å². The molecule has 4 heteroatoms. The van der Waals surface area contributed by atoms with Crippen molar-refractivity contribution in [3.63, 3.8) is 0 Å². The van der Waals surface area contributed by atoms with Gasteiger partial charge in [-0.15, -0.1) is 0 Å². The average molecular weight is 267 g/mol. The maximum Gasteiger partial charge on any atom is 0.240 e. The van der Waals surface area contributed by atoms with Gasteiger partial charge in [0.25, 0.3) is 0 Å². The molecule has 0 aliphatic carbocycles. The van der Waals surface area contributed by atoms with Crippen molar-refractivity contribution in [2.45, 2.75) is 31.8 Å². The van der Waals surface area contributed by atoms with Crippen LogP contribution in [0.1, 0.15) is 31.4 Å². The summed E-state index contributed by atoms with van der Waals surface area (Å²) in [7, 11) is 1.84. The lowest BCUT2D eigenvalue weighted by Crippen LogP contribution is -2.50. The van der Waals surface area contributed by atoms with Crippen LogP contribution in [0.2, 0.25) is 5.02 Å². The average Bonchev–Trinajstić information content (AvgIpc) is 2.39. The highest BCUT2D eigenvalue weighted by atomic mass is 35.5. The number of nitrogens with one attached hydrogen (secondary N) is 1. The standard InChI is InChI=1S/C14H19ClN2O/c1-10(11-6-3-4-7-12(11)15)17-9-5-8-13(16-2)14(17)18/h3-4,6-7,10,13,16H,5,8-9H2,1-2H3. The van der Waals surface area contributed by atoms with E-state index in [9.17, 15) is 4.79 Å². The zero-order valence-corrected chi connectivity index (χ0v) is 11.6. The van der Waals surface area contributed by atoms with Crippen LogP contribution in [-0.2, 0) is 4.79 Å². The van der Waals surface area contributed by atoms with Crippen molar-refractivity contribution in [1.82, 2.24) is 10.2 Å². The molecule has 2 rings (SSSR count). The van der Waals surface area contributed by atoms with E-state index in [0.29, 0.717) is 0 Å². The summed E-state index contributed by atoms with van der Waals surface area (Å²) >= 11 is 6.20. The Morgan fingerprint density at radius 3 is 2.83 bits per heavy atom. The molecule has 0 bridgehead atoms. The number of likely N-dealkylation sites (N-methyl/N-ethyl adjacent to an activating group) is 1. The highest BCUT2D eigenvalue weighted by molar-refractivity contribution is 6.31. The lowest BCUT2D eigenvalue weighted by molar-refractivity contribution is -0.138. The molecule has 1 fully saturated rings. The van der Waals surface area contributed by atoms with E-state index in [0.717, 1.165) is 30.0 Å². The van der Waals surface area contributed by atoms with E-state index >= 15 is 0 Å². The van der Waals surface area contributed by atoms with Crippen molar-refractivity contribution >= 4 is 17.5 Å². The number of carbonyl (C=O) groups is 1. The minimum absolute atomic E-state index is 0.0300. The van der Waals surface area contributed by atoms with E-state index in [1.165, 1.54) is 0 Å². The van der Waals surface area contributed by atoms with Gasteiger partial charge in [0, 0.05) is 11.6 Å². The third-order valence-electron chi connectivity index (χ3n) is 3.64. The third-order valence-corrected chi connectivity index (χ3v) is 3.99. The molecule has 3 nitrogen and oxygen atoms in total. The second-order valence-electron chi connectivity index (χ2n) is 4.71. The molecule has 0 aromatic heterocycles. The Kier molecular flexibility index (Phi) is 4.25. The number of nitrogens with zero attached hydrogens (tertiary/aromatic N) is 1. The molecule has 1 heterocycles. The fraction of sp³-hybridized carbons (Fsp3) is 0.500. The van der Waals surface area contributed by atoms with Gasteiger partial charge in [0.2, 0.25) is 5.91 Å². The van der Waals surface area contributed by atoms with Gasteiger partial charge in [0.1, 0.15) is 0 Å². The van der Waals surface area contributed by atoms with Crippen LogP contribution in [-0.4, -0.2) is 30.4 Å². The Labute approximate surface area is 113 Å². The quantitative estimate of drug-likeness (QED) is 0.912. The molecule has 1 aromatic rings. The first kappa shape index (κ1) is 13.4. The first-order valence-electron chi connectivity index (χ1n) is 6.37. The van der Waals surface area contributed by atoms with Crippen LogP contribution in [0.25, 0.3) is 0 Å². The van der Waals surface area contributed by atoms with Gasteiger partial charge in [-0.25, -0.2) is 0 Å². The minimum Gasteiger partial charge on any atom is -0.335 e. The number of benzene rings is 1. The normalized spacial score (nSPS) is 22.1. The highest BCUT2D eigenvalue weighted by Crippen LogP contribution is 2.29. The molecule has 2 atom stereocenters. The molecule has 0 saturated carbocycles. The lowest BCUT2D eigenvalue weighted by Gasteiger charge is -2.36. The molecular weight excluding hydrogens is 248 g/mol. The predicted octanol–water partition coefficient (Wildman–Crippen LogP) is 2.61. The van der Waals surface area contributed by atoms with Crippen LogP contribution >= 0.6 is 11.6 Å². The Bertz CT molecular complexity index is 436. The number of hydrogen-bond donors (Lipinski definition) is 1. The Morgan fingerprint density at radius 2 is 2.17 bits per heavy atom. The van der Waals surface area contributed by atoms with Crippen LogP contribution in [0.15, 0.2) is 24.3 Å². The second kappa shape index (κ2) is 5.72. The fourth-order valence-electron chi connectivity index (χ4n) is 2.53. The third kappa shape index (κ3) is 2.52. The largest absolute Gasteiger partial charge is 0.335 e. The van der Waals surface area contributed by atoms with Crippen LogP contribution in [0.3, 0.4) is 0 Å². The summed E-state index contributed by atoms with van der Waals surface area (Å²) in [5, 5.41) is 3.81. The SMILES string of the molecule is CNC1CCCN(C(C)c2ccccc2Cl)C1=O. The molecule has 0 spiro atoms. The van der Waals surface area contributed by atoms with Gasteiger partial charge in [0.15, 0.2) is 0 Å². The number of likely N-dealkylation sites (tertiary alicyclic amines) is 1. The van der Waals surface area contributed by atoms with Gasteiger partial charge in [-0.2, -0.15) is 0 Å². The van der Waals surface area contributed by atoms with E-state index in [4.69, 9.17) is 11.6 Å². The van der Waals surface area contributed by atoms with E-state index in [1.54, 1.807) is 0 Å². The maximum absolute atomic E-state index is 12.3. The summed E-state index contributed by atoms with van der Waals surface area (Å²) in [6, 6.07) is 7.71. The number of halogens is 1. The molecule has 1 N–H and O–H groups in total. The van der Waals surface area contributed by atoms with E-state index in [-0.39, 0.29) is 18.0 Å². The number of hydrogen-bond acceptors (Lipinski definition) is 2. The van der Waals surface area contributed by atoms with Crippen molar-refractivity contribution in [1.29, 1.82) is 0 Å². The molecule has 1 aromatic carbocycles. The smallest absolute Gasteiger partial charge is 0.240 e. The van der Waals surface area contributed by atoms with Crippen LogP contribution in [0.5, 0.6) is 0 Å². The monoisotopic (exact) mass is 266 g/mol. The molecule has 1 amide bonds. The molecule has 0 radical (unpaired) electrons. The molecule has 98 valence electrons. The Balaban J connectivity index is 2.20. The first-order chi connectivity index (χ1) is 8.65. The van der Waals surface area contributed by atoms with Gasteiger partial charge in [-0.1, -0.05) is 29.8 Å². The summed E-state index contributed by atoms with van der Waals surface area (Å²) in [6.07, 6.45) is 1.95. The molecule has 1 aliphatic rings. The summed E-state index contributed by atoms with van der Waals surface area (Å²) in [4.78, 5) is 14.2. The number of amides is 1. The summed E-state index contributed by atoms with van der Waals surface area (Å²) < 4.78 is 0. The predicted molar refractivity (Wildman–Crippen MR) is 73.7 cm³/mol. The topological polar surface area (TPSA) is 32.3 Å². The minimum atomic E-state index is -0.0521. The highest BCUT2D eigenvalue weighted by Gasteiger charge is 2.31. The van der Waals surface area contributed by atoms with Crippen molar-refractivity contribution in [2.75, 3.05) is 13.6 Å². The Hall–Kier alpha value is -1.06. The molecular formula is C14H19ClN2O. The van der Waals surface area contributed by atoms with Crippen LogP contribution in [0, 0.1) is 0 Å². The van der Waals surface area contributed by atoms with E-state index in [2.05, 4.69) is 5.32 Å². The molecule has 1 saturated heterocycles. The first-order valence-corrected chi connectivity index (χ1v) is 6.75. The van der Waals surface area contributed by atoms with Crippen molar-refractivity contribution < 1.29 is 4.79 Å². The number of carbonyl (C=O) groups excluding carboxylic acids is 1. The van der Waals surface area contributed by atoms with Gasteiger partial charge in [-0.3, -0.25) is 4.79 Å². The molecule has 1 aliphatic heterocycles. The van der Waals surface area contributed by atoms with Crippen molar-refractivity contribution in [2.24, 2.45) is 0 Å². The van der Waals surface area contributed by atoms with Crippen LogP contribution in [0.4, 0.5) is 0 Å². The number of rotatable bonds is 3. The second-order valence-corrected chi connectivity index (χ2v) is 5.12. The lowest BCUT2D eigenvalue weighted by atomic mass is 10.00. The van der Waals surface area contributed by atoms with Gasteiger partial charge >= 0.3 is 0 Å². The Morgan fingerprint density at radius 1 is 1.44 bits per heavy atom.